The molecule has 0 saturated heterocycles. The van der Waals surface area contributed by atoms with Crippen LogP contribution in [0.2, 0.25) is 5.02 Å². The molecule has 0 fully saturated rings. The lowest BCUT2D eigenvalue weighted by atomic mass is 10.1. The zero-order chi connectivity index (χ0) is 20.1. The van der Waals surface area contributed by atoms with Crippen LogP contribution in [-0.4, -0.2) is 24.2 Å². The Kier molecular flexibility index (Phi) is 5.71. The van der Waals surface area contributed by atoms with Crippen LogP contribution in [0.5, 0.6) is 5.75 Å². The van der Waals surface area contributed by atoms with Crippen LogP contribution in [0.4, 0.5) is 5.69 Å². The van der Waals surface area contributed by atoms with E-state index in [1.165, 1.54) is 25.5 Å². The average Bonchev–Trinajstić information content (AvgIpc) is 3.17. The molecule has 1 aromatic heterocycles. The SMILES string of the molecule is COc1cccc(C(=O)N/N=C\c2ccc(-c3ccc(Cl)c([N+](=O)[O-])c3)o2)c1. The van der Waals surface area contributed by atoms with Crippen molar-refractivity contribution in [2.24, 2.45) is 5.10 Å². The summed E-state index contributed by atoms with van der Waals surface area (Å²) < 4.78 is 10.7. The number of hydrazone groups is 1. The van der Waals surface area contributed by atoms with Gasteiger partial charge in [-0.15, -0.1) is 0 Å². The molecule has 0 bridgehead atoms. The number of benzene rings is 2. The molecule has 8 nitrogen and oxygen atoms in total. The minimum Gasteiger partial charge on any atom is -0.497 e. The van der Waals surface area contributed by atoms with E-state index in [4.69, 9.17) is 20.8 Å². The number of methoxy groups -OCH3 is 1. The Labute approximate surface area is 164 Å². The number of carbonyl (C=O) groups is 1. The predicted octanol–water partition coefficient (Wildman–Crippen LogP) is 4.28. The Morgan fingerprint density at radius 1 is 1.25 bits per heavy atom. The van der Waals surface area contributed by atoms with Crippen LogP contribution in [0.3, 0.4) is 0 Å². The molecular weight excluding hydrogens is 386 g/mol. The first-order valence-corrected chi connectivity index (χ1v) is 8.37. The fraction of sp³-hybridized carbons (Fsp3) is 0.0526. The Morgan fingerprint density at radius 3 is 2.82 bits per heavy atom. The van der Waals surface area contributed by atoms with Crippen LogP contribution in [0.1, 0.15) is 16.1 Å². The summed E-state index contributed by atoms with van der Waals surface area (Å²) in [4.78, 5) is 22.5. The topological polar surface area (TPSA) is 107 Å². The zero-order valence-corrected chi connectivity index (χ0v) is 15.3. The van der Waals surface area contributed by atoms with E-state index < -0.39 is 10.8 Å². The number of nitrogens with one attached hydrogen (secondary N) is 1. The largest absolute Gasteiger partial charge is 0.497 e. The fourth-order valence-electron chi connectivity index (χ4n) is 2.37. The summed E-state index contributed by atoms with van der Waals surface area (Å²) in [6.07, 6.45) is 1.33. The molecule has 1 N–H and O–H groups in total. The van der Waals surface area contributed by atoms with E-state index in [-0.39, 0.29) is 10.7 Å². The predicted molar refractivity (Wildman–Crippen MR) is 104 cm³/mol. The van der Waals surface area contributed by atoms with Crippen molar-refractivity contribution >= 4 is 29.4 Å². The Hall–Kier alpha value is -3.65. The highest BCUT2D eigenvalue weighted by atomic mass is 35.5. The van der Waals surface area contributed by atoms with Gasteiger partial charge >= 0.3 is 0 Å². The fourth-order valence-corrected chi connectivity index (χ4v) is 2.55. The van der Waals surface area contributed by atoms with E-state index in [0.29, 0.717) is 28.4 Å². The first kappa shape index (κ1) is 19.1. The standard InChI is InChI=1S/C19H14ClN3O5/c1-27-14-4-2-3-13(9-14)19(24)22-21-11-15-6-8-18(28-15)12-5-7-16(20)17(10-12)23(25)26/h2-11H,1H3,(H,22,24)/b21-11-. The maximum Gasteiger partial charge on any atom is 0.288 e. The van der Waals surface area contributed by atoms with Gasteiger partial charge in [0.25, 0.3) is 11.6 Å². The number of nitro benzene ring substituents is 1. The molecule has 1 amide bonds. The Bertz CT molecular complexity index is 1060. The van der Waals surface area contributed by atoms with Crippen LogP contribution < -0.4 is 10.2 Å². The third kappa shape index (κ3) is 4.36. The van der Waals surface area contributed by atoms with Crippen molar-refractivity contribution in [2.45, 2.75) is 0 Å². The summed E-state index contributed by atoms with van der Waals surface area (Å²) in [7, 11) is 1.51. The van der Waals surface area contributed by atoms with Gasteiger partial charge in [0.05, 0.1) is 18.2 Å². The third-order valence-corrected chi connectivity index (χ3v) is 4.06. The molecule has 28 heavy (non-hydrogen) atoms. The van der Waals surface area contributed by atoms with Crippen LogP contribution in [0, 0.1) is 10.1 Å². The molecule has 3 rings (SSSR count). The van der Waals surface area contributed by atoms with E-state index in [1.807, 2.05) is 0 Å². The van der Waals surface area contributed by atoms with Crippen molar-refractivity contribution in [3.8, 4) is 17.1 Å². The molecule has 142 valence electrons. The highest BCUT2D eigenvalue weighted by molar-refractivity contribution is 6.32. The highest BCUT2D eigenvalue weighted by Gasteiger charge is 2.15. The second kappa shape index (κ2) is 8.36. The molecule has 9 heteroatoms. The molecule has 0 aliphatic rings. The molecule has 2 aromatic carbocycles. The number of carbonyl (C=O) groups excluding carboxylic acids is 1. The van der Waals surface area contributed by atoms with E-state index in [2.05, 4.69) is 10.5 Å². The van der Waals surface area contributed by atoms with Crippen molar-refractivity contribution in [3.05, 3.63) is 81.1 Å². The first-order chi connectivity index (χ1) is 13.5. The third-order valence-electron chi connectivity index (χ3n) is 3.74. The quantitative estimate of drug-likeness (QED) is 0.378. The van der Waals surface area contributed by atoms with Gasteiger partial charge in [0.15, 0.2) is 0 Å². The van der Waals surface area contributed by atoms with E-state index in [1.54, 1.807) is 42.5 Å². The van der Waals surface area contributed by atoms with Gasteiger partial charge in [0.2, 0.25) is 0 Å². The van der Waals surface area contributed by atoms with Gasteiger partial charge in [-0.3, -0.25) is 14.9 Å². The number of amides is 1. The van der Waals surface area contributed by atoms with Gasteiger partial charge in [0, 0.05) is 17.2 Å². The Morgan fingerprint density at radius 2 is 2.07 bits per heavy atom. The zero-order valence-electron chi connectivity index (χ0n) is 14.6. The smallest absolute Gasteiger partial charge is 0.288 e. The summed E-state index contributed by atoms with van der Waals surface area (Å²) in [5, 5.41) is 14.9. The average molecular weight is 400 g/mol. The number of hydrogen-bond donors (Lipinski definition) is 1. The van der Waals surface area contributed by atoms with E-state index in [0.717, 1.165) is 0 Å². The van der Waals surface area contributed by atoms with Crippen molar-refractivity contribution in [1.29, 1.82) is 0 Å². The van der Waals surface area contributed by atoms with Gasteiger partial charge in [-0.25, -0.2) is 5.43 Å². The summed E-state index contributed by atoms with van der Waals surface area (Å²) in [6, 6.07) is 14.3. The molecular formula is C19H14ClN3O5. The first-order valence-electron chi connectivity index (χ1n) is 7.99. The van der Waals surface area contributed by atoms with Gasteiger partial charge in [0.1, 0.15) is 22.3 Å². The normalized spacial score (nSPS) is 10.8. The molecule has 1 heterocycles. The second-order valence-corrected chi connectivity index (χ2v) is 5.96. The molecule has 0 aliphatic carbocycles. The minimum atomic E-state index is -0.564. The lowest BCUT2D eigenvalue weighted by molar-refractivity contribution is -0.384. The molecule has 3 aromatic rings. The van der Waals surface area contributed by atoms with E-state index >= 15 is 0 Å². The molecule has 0 atom stereocenters. The summed E-state index contributed by atoms with van der Waals surface area (Å²) in [5.74, 6) is 0.915. The lowest BCUT2D eigenvalue weighted by Crippen LogP contribution is -2.17. The number of nitro groups is 1. The number of nitrogens with zero attached hydrogens (tertiary/aromatic N) is 2. The van der Waals surface area contributed by atoms with Gasteiger partial charge in [-0.2, -0.15) is 5.10 Å². The molecule has 0 unspecified atom stereocenters. The van der Waals surface area contributed by atoms with Crippen LogP contribution >= 0.6 is 11.6 Å². The number of furan rings is 1. The monoisotopic (exact) mass is 399 g/mol. The van der Waals surface area contributed by atoms with Crippen molar-refractivity contribution in [1.82, 2.24) is 5.43 Å². The maximum absolute atomic E-state index is 12.1. The summed E-state index contributed by atoms with van der Waals surface area (Å²) in [6.45, 7) is 0. The van der Waals surface area contributed by atoms with Crippen LogP contribution in [-0.2, 0) is 0 Å². The second-order valence-electron chi connectivity index (χ2n) is 5.56. The minimum absolute atomic E-state index is 0.0438. The van der Waals surface area contributed by atoms with Crippen LogP contribution in [0.25, 0.3) is 11.3 Å². The molecule has 0 aliphatic heterocycles. The van der Waals surface area contributed by atoms with Gasteiger partial charge in [-0.1, -0.05) is 17.7 Å². The number of halogens is 1. The number of rotatable bonds is 6. The highest BCUT2D eigenvalue weighted by Crippen LogP contribution is 2.31. The summed E-state index contributed by atoms with van der Waals surface area (Å²) in [5.41, 5.74) is 3.07. The lowest BCUT2D eigenvalue weighted by Gasteiger charge is -2.02. The van der Waals surface area contributed by atoms with Gasteiger partial charge in [-0.05, 0) is 42.5 Å². The molecule has 0 spiro atoms. The number of hydrogen-bond acceptors (Lipinski definition) is 6. The molecule has 0 saturated carbocycles. The Balaban J connectivity index is 1.70. The maximum atomic E-state index is 12.1. The van der Waals surface area contributed by atoms with Crippen LogP contribution in [0.15, 0.2) is 64.1 Å². The van der Waals surface area contributed by atoms with Crippen molar-refractivity contribution in [3.63, 3.8) is 0 Å². The van der Waals surface area contributed by atoms with Crippen molar-refractivity contribution < 1.29 is 18.9 Å². The molecule has 0 radical (unpaired) electrons. The number of ether oxygens (including phenoxy) is 1. The van der Waals surface area contributed by atoms with Crippen molar-refractivity contribution in [2.75, 3.05) is 7.11 Å². The van der Waals surface area contributed by atoms with Gasteiger partial charge < -0.3 is 9.15 Å². The van der Waals surface area contributed by atoms with E-state index in [9.17, 15) is 14.9 Å². The summed E-state index contributed by atoms with van der Waals surface area (Å²) >= 11 is 5.81.